The van der Waals surface area contributed by atoms with Gasteiger partial charge in [0, 0.05) is 42.8 Å². The number of aromatic nitrogens is 4. The zero-order valence-corrected chi connectivity index (χ0v) is 15.1. The monoisotopic (exact) mass is 349 g/mol. The SMILES string of the molecule is CCC(c1ccccc1)c1n[nH]c2c1CN(c1cc(OC)ncn1)CC2. The average Bonchev–Trinajstić information content (AvgIpc) is 3.12. The van der Waals surface area contributed by atoms with Gasteiger partial charge in [0.1, 0.15) is 12.1 Å². The third-order valence-electron chi connectivity index (χ3n) is 5.07. The first-order valence-corrected chi connectivity index (χ1v) is 9.02. The Bertz CT molecular complexity index is 877. The molecule has 3 heterocycles. The van der Waals surface area contributed by atoms with E-state index in [9.17, 15) is 0 Å². The first-order valence-electron chi connectivity index (χ1n) is 9.02. The number of nitrogens with zero attached hydrogens (tertiary/aromatic N) is 4. The summed E-state index contributed by atoms with van der Waals surface area (Å²) in [6, 6.07) is 12.5. The lowest BCUT2D eigenvalue weighted by atomic mass is 9.89. The predicted molar refractivity (Wildman–Crippen MR) is 101 cm³/mol. The lowest BCUT2D eigenvalue weighted by molar-refractivity contribution is 0.396. The van der Waals surface area contributed by atoms with Crippen LogP contribution in [0.25, 0.3) is 0 Å². The second-order valence-corrected chi connectivity index (χ2v) is 6.53. The van der Waals surface area contributed by atoms with Gasteiger partial charge < -0.3 is 9.64 Å². The van der Waals surface area contributed by atoms with Crippen LogP contribution in [-0.4, -0.2) is 33.8 Å². The standard InChI is InChI=1S/C20H23N5O/c1-3-15(14-7-5-4-6-8-14)20-16-12-25(10-9-17(16)23-24-20)18-11-19(26-2)22-13-21-18/h4-8,11,13,15H,3,9-10,12H2,1-2H3,(H,23,24). The van der Waals surface area contributed by atoms with Crippen molar-refractivity contribution >= 4 is 5.82 Å². The number of rotatable bonds is 5. The highest BCUT2D eigenvalue weighted by Gasteiger charge is 2.27. The molecule has 0 saturated heterocycles. The van der Waals surface area contributed by atoms with E-state index in [-0.39, 0.29) is 0 Å². The van der Waals surface area contributed by atoms with Crippen LogP contribution in [0.15, 0.2) is 42.7 Å². The third kappa shape index (κ3) is 3.03. The summed E-state index contributed by atoms with van der Waals surface area (Å²) in [5.74, 6) is 1.78. The molecule has 0 bridgehead atoms. The second kappa shape index (κ2) is 7.15. The molecule has 0 saturated carbocycles. The van der Waals surface area contributed by atoms with Gasteiger partial charge in [-0.05, 0) is 12.0 Å². The number of fused-ring (bicyclic) bond motifs is 1. The number of hydrogen-bond acceptors (Lipinski definition) is 5. The smallest absolute Gasteiger partial charge is 0.218 e. The molecule has 2 aromatic heterocycles. The van der Waals surface area contributed by atoms with Crippen molar-refractivity contribution in [2.24, 2.45) is 0 Å². The molecule has 4 rings (SSSR count). The Morgan fingerprint density at radius 1 is 1.23 bits per heavy atom. The van der Waals surface area contributed by atoms with Crippen LogP contribution in [0, 0.1) is 0 Å². The Hall–Kier alpha value is -2.89. The largest absolute Gasteiger partial charge is 0.481 e. The fourth-order valence-electron chi connectivity index (χ4n) is 3.69. The number of aromatic amines is 1. The van der Waals surface area contributed by atoms with Crippen molar-refractivity contribution in [3.8, 4) is 5.88 Å². The van der Waals surface area contributed by atoms with Gasteiger partial charge in [0.05, 0.1) is 12.8 Å². The van der Waals surface area contributed by atoms with Gasteiger partial charge in [-0.2, -0.15) is 5.10 Å². The van der Waals surface area contributed by atoms with E-state index >= 15 is 0 Å². The van der Waals surface area contributed by atoms with Gasteiger partial charge >= 0.3 is 0 Å². The molecule has 0 fully saturated rings. The Balaban J connectivity index is 1.65. The van der Waals surface area contributed by atoms with E-state index in [1.165, 1.54) is 16.8 Å². The molecule has 1 aromatic carbocycles. The van der Waals surface area contributed by atoms with Crippen molar-refractivity contribution in [3.05, 3.63) is 65.2 Å². The van der Waals surface area contributed by atoms with E-state index in [1.807, 2.05) is 6.07 Å². The molecular weight excluding hydrogens is 326 g/mol. The number of anilines is 1. The van der Waals surface area contributed by atoms with Crippen LogP contribution in [0.1, 0.15) is 41.8 Å². The van der Waals surface area contributed by atoms with Crippen LogP contribution >= 0.6 is 0 Å². The Labute approximate surface area is 153 Å². The molecule has 0 amide bonds. The normalized spacial score (nSPS) is 14.8. The number of methoxy groups -OCH3 is 1. The minimum Gasteiger partial charge on any atom is -0.481 e. The molecule has 6 heteroatoms. The second-order valence-electron chi connectivity index (χ2n) is 6.53. The van der Waals surface area contributed by atoms with Crippen LogP contribution < -0.4 is 9.64 Å². The topological polar surface area (TPSA) is 66.9 Å². The highest BCUT2D eigenvalue weighted by Crippen LogP contribution is 2.33. The van der Waals surface area contributed by atoms with E-state index in [0.717, 1.165) is 37.4 Å². The number of nitrogens with one attached hydrogen (secondary N) is 1. The molecule has 3 aromatic rings. The molecule has 0 aliphatic carbocycles. The van der Waals surface area contributed by atoms with Crippen LogP contribution in [0.3, 0.4) is 0 Å². The van der Waals surface area contributed by atoms with Gasteiger partial charge in [-0.3, -0.25) is 5.10 Å². The summed E-state index contributed by atoms with van der Waals surface area (Å²) < 4.78 is 5.24. The van der Waals surface area contributed by atoms with Crippen molar-refractivity contribution in [2.45, 2.75) is 32.2 Å². The number of benzene rings is 1. The first-order chi connectivity index (χ1) is 12.8. The fraction of sp³-hybridized carbons (Fsp3) is 0.350. The molecule has 0 spiro atoms. The van der Waals surface area contributed by atoms with Crippen molar-refractivity contribution in [3.63, 3.8) is 0 Å². The van der Waals surface area contributed by atoms with E-state index in [2.05, 4.69) is 57.2 Å². The van der Waals surface area contributed by atoms with Gasteiger partial charge in [0.2, 0.25) is 5.88 Å². The van der Waals surface area contributed by atoms with Crippen molar-refractivity contribution in [1.29, 1.82) is 0 Å². The van der Waals surface area contributed by atoms with Crippen molar-refractivity contribution in [1.82, 2.24) is 20.2 Å². The van der Waals surface area contributed by atoms with Gasteiger partial charge in [-0.25, -0.2) is 9.97 Å². The maximum Gasteiger partial charge on any atom is 0.218 e. The van der Waals surface area contributed by atoms with Crippen LogP contribution in [0.2, 0.25) is 0 Å². The fourth-order valence-corrected chi connectivity index (χ4v) is 3.69. The van der Waals surface area contributed by atoms with Crippen molar-refractivity contribution in [2.75, 3.05) is 18.6 Å². The molecule has 134 valence electrons. The summed E-state index contributed by atoms with van der Waals surface area (Å²) in [7, 11) is 1.63. The van der Waals surface area contributed by atoms with Gasteiger partial charge in [-0.15, -0.1) is 0 Å². The van der Waals surface area contributed by atoms with Gasteiger partial charge in [-0.1, -0.05) is 37.3 Å². The van der Waals surface area contributed by atoms with E-state index < -0.39 is 0 Å². The summed E-state index contributed by atoms with van der Waals surface area (Å²) in [6.45, 7) is 3.91. The Morgan fingerprint density at radius 3 is 2.85 bits per heavy atom. The van der Waals surface area contributed by atoms with E-state index in [0.29, 0.717) is 11.8 Å². The molecule has 1 aliphatic rings. The van der Waals surface area contributed by atoms with E-state index in [4.69, 9.17) is 9.84 Å². The first kappa shape index (κ1) is 16.6. The zero-order valence-electron chi connectivity index (χ0n) is 15.1. The summed E-state index contributed by atoms with van der Waals surface area (Å²) in [5, 5.41) is 7.97. The maximum absolute atomic E-state index is 5.24. The predicted octanol–water partition coefficient (Wildman–Crippen LogP) is 3.31. The Kier molecular flexibility index (Phi) is 4.56. The summed E-state index contributed by atoms with van der Waals surface area (Å²) >= 11 is 0. The average molecular weight is 349 g/mol. The minimum absolute atomic E-state index is 0.302. The van der Waals surface area contributed by atoms with Crippen LogP contribution in [-0.2, 0) is 13.0 Å². The lowest BCUT2D eigenvalue weighted by Crippen LogP contribution is -2.31. The summed E-state index contributed by atoms with van der Waals surface area (Å²) in [6.07, 6.45) is 3.50. The lowest BCUT2D eigenvalue weighted by Gasteiger charge is -2.29. The number of H-pyrrole nitrogens is 1. The molecule has 26 heavy (non-hydrogen) atoms. The Morgan fingerprint density at radius 2 is 2.08 bits per heavy atom. The third-order valence-corrected chi connectivity index (χ3v) is 5.07. The molecule has 6 nitrogen and oxygen atoms in total. The highest BCUT2D eigenvalue weighted by atomic mass is 16.5. The molecular formula is C20H23N5O. The molecule has 1 aliphatic heterocycles. The van der Waals surface area contributed by atoms with Crippen LogP contribution in [0.5, 0.6) is 5.88 Å². The zero-order chi connectivity index (χ0) is 17.9. The number of ether oxygens (including phenoxy) is 1. The van der Waals surface area contributed by atoms with Crippen LogP contribution in [0.4, 0.5) is 5.82 Å². The minimum atomic E-state index is 0.302. The quantitative estimate of drug-likeness (QED) is 0.765. The molecule has 1 unspecified atom stereocenters. The highest BCUT2D eigenvalue weighted by molar-refractivity contribution is 5.47. The maximum atomic E-state index is 5.24. The molecule has 0 radical (unpaired) electrons. The van der Waals surface area contributed by atoms with Crippen molar-refractivity contribution < 1.29 is 4.74 Å². The molecule has 1 N–H and O–H groups in total. The summed E-state index contributed by atoms with van der Waals surface area (Å²) in [4.78, 5) is 10.8. The van der Waals surface area contributed by atoms with Gasteiger partial charge in [0.25, 0.3) is 0 Å². The molecule has 1 atom stereocenters. The van der Waals surface area contributed by atoms with E-state index in [1.54, 1.807) is 13.4 Å². The van der Waals surface area contributed by atoms with Gasteiger partial charge in [0.15, 0.2) is 0 Å². The summed E-state index contributed by atoms with van der Waals surface area (Å²) in [5.41, 5.74) is 5.00. The number of hydrogen-bond donors (Lipinski definition) is 1.